The molecule has 2 aliphatic heterocycles. The monoisotopic (exact) mass is 449 g/mol. The molecule has 30 heavy (non-hydrogen) atoms. The van der Waals surface area contributed by atoms with Crippen LogP contribution in [0.5, 0.6) is 0 Å². The number of benzene rings is 1. The number of likely N-dealkylation sites (N-methyl/N-ethyl adjacent to an activating group) is 1. The van der Waals surface area contributed by atoms with E-state index < -0.39 is 10.2 Å². The van der Waals surface area contributed by atoms with Crippen LogP contribution in [-0.4, -0.2) is 91.2 Å². The average Bonchev–Trinajstić information content (AvgIpc) is 3.23. The number of thiazole rings is 1. The Morgan fingerprint density at radius 3 is 2.13 bits per heavy atom. The first-order chi connectivity index (χ1) is 14.5. The van der Waals surface area contributed by atoms with Gasteiger partial charge in [-0.25, -0.2) is 4.98 Å². The lowest BCUT2D eigenvalue weighted by molar-refractivity contribution is 0.164. The molecule has 3 heterocycles. The van der Waals surface area contributed by atoms with Crippen molar-refractivity contribution in [2.45, 2.75) is 19.9 Å². The van der Waals surface area contributed by atoms with Gasteiger partial charge in [0.2, 0.25) is 0 Å². The lowest BCUT2D eigenvalue weighted by Gasteiger charge is -2.38. The van der Waals surface area contributed by atoms with Gasteiger partial charge in [-0.05, 0) is 19.0 Å². The van der Waals surface area contributed by atoms with Crippen LogP contribution in [0.3, 0.4) is 0 Å². The van der Waals surface area contributed by atoms with E-state index in [1.54, 1.807) is 19.9 Å². The molecule has 0 spiro atoms. The highest BCUT2D eigenvalue weighted by atomic mass is 32.2. The maximum atomic E-state index is 12.9. The molecule has 0 bridgehead atoms. The molecule has 2 aromatic rings. The number of hydrogen-bond donors (Lipinski definition) is 0. The second kappa shape index (κ2) is 9.42. The second-order valence-corrected chi connectivity index (χ2v) is 10.9. The Kier molecular flexibility index (Phi) is 6.86. The highest BCUT2D eigenvalue weighted by molar-refractivity contribution is 7.86. The summed E-state index contributed by atoms with van der Waals surface area (Å²) in [6.07, 6.45) is 1.04. The van der Waals surface area contributed by atoms with Crippen molar-refractivity contribution in [2.75, 3.05) is 59.4 Å². The summed E-state index contributed by atoms with van der Waals surface area (Å²) in [5.41, 5.74) is 3.55. The third kappa shape index (κ3) is 4.92. The fraction of sp³-hybridized carbons (Fsp3) is 0.571. The first-order valence-corrected chi connectivity index (χ1v) is 12.9. The number of hydrogen-bond acceptors (Lipinski definition) is 6. The summed E-state index contributed by atoms with van der Waals surface area (Å²) in [6.45, 7) is 8.27. The molecule has 0 amide bonds. The Hall–Kier alpha value is -1.36. The van der Waals surface area contributed by atoms with Crippen molar-refractivity contribution in [2.24, 2.45) is 0 Å². The predicted molar refractivity (Wildman–Crippen MR) is 122 cm³/mol. The van der Waals surface area contributed by atoms with Crippen LogP contribution in [0.1, 0.15) is 18.2 Å². The molecule has 2 saturated heterocycles. The Morgan fingerprint density at radius 1 is 0.933 bits per heavy atom. The summed E-state index contributed by atoms with van der Waals surface area (Å²) < 4.78 is 29.1. The van der Waals surface area contributed by atoms with E-state index in [1.807, 2.05) is 7.05 Å². The number of aryl methyl sites for hydroxylation is 1. The molecule has 2 fully saturated rings. The maximum Gasteiger partial charge on any atom is 0.282 e. The molecule has 7 nitrogen and oxygen atoms in total. The summed E-state index contributed by atoms with van der Waals surface area (Å²) in [5, 5.41) is 3.17. The molecule has 1 aromatic carbocycles. The fourth-order valence-electron chi connectivity index (χ4n) is 3.92. The second-order valence-electron chi connectivity index (χ2n) is 8.08. The molecule has 0 aliphatic carbocycles. The van der Waals surface area contributed by atoms with Crippen LogP contribution in [-0.2, 0) is 23.2 Å². The van der Waals surface area contributed by atoms with Gasteiger partial charge in [0.1, 0.15) is 5.01 Å². The highest BCUT2D eigenvalue weighted by Crippen LogP contribution is 2.25. The van der Waals surface area contributed by atoms with Gasteiger partial charge in [0, 0.05) is 69.8 Å². The van der Waals surface area contributed by atoms with Gasteiger partial charge in [0.15, 0.2) is 0 Å². The van der Waals surface area contributed by atoms with Gasteiger partial charge >= 0.3 is 0 Å². The Labute approximate surface area is 184 Å². The minimum absolute atomic E-state index is 0.546. The number of piperazine rings is 2. The van der Waals surface area contributed by atoms with E-state index >= 15 is 0 Å². The van der Waals surface area contributed by atoms with E-state index in [1.165, 1.54) is 5.56 Å². The van der Waals surface area contributed by atoms with E-state index in [9.17, 15) is 8.42 Å². The van der Waals surface area contributed by atoms with Crippen LogP contribution in [0, 0.1) is 0 Å². The largest absolute Gasteiger partial charge is 0.304 e. The fourth-order valence-corrected chi connectivity index (χ4v) is 6.32. The summed E-state index contributed by atoms with van der Waals surface area (Å²) in [5.74, 6) is 0. The van der Waals surface area contributed by atoms with Crippen LogP contribution >= 0.6 is 11.3 Å². The summed E-state index contributed by atoms with van der Waals surface area (Å²) >= 11 is 1.67. The molecular formula is C21H31N5O2S2. The van der Waals surface area contributed by atoms with Gasteiger partial charge in [-0.2, -0.15) is 17.0 Å². The Balaban J connectivity index is 1.31. The highest BCUT2D eigenvalue weighted by Gasteiger charge is 2.33. The summed E-state index contributed by atoms with van der Waals surface area (Å²) in [4.78, 5) is 9.28. The lowest BCUT2D eigenvalue weighted by Crippen LogP contribution is -2.56. The van der Waals surface area contributed by atoms with E-state index in [-0.39, 0.29) is 0 Å². The van der Waals surface area contributed by atoms with Crippen LogP contribution in [0.4, 0.5) is 0 Å². The number of rotatable bonds is 6. The molecule has 0 atom stereocenters. The zero-order valence-electron chi connectivity index (χ0n) is 17.8. The SMILES string of the molecule is CCc1ccc(-c2nc(CN3CCN(S(=O)(=O)N4CCN(C)CC4)CC3)cs2)cc1. The zero-order chi connectivity index (χ0) is 21.1. The molecule has 9 heteroatoms. The first kappa shape index (κ1) is 21.9. The zero-order valence-corrected chi connectivity index (χ0v) is 19.5. The van der Waals surface area contributed by atoms with Crippen molar-refractivity contribution in [3.05, 3.63) is 40.9 Å². The molecule has 1 aromatic heterocycles. The number of aromatic nitrogens is 1. The molecular weight excluding hydrogens is 418 g/mol. The summed E-state index contributed by atoms with van der Waals surface area (Å²) in [7, 11) is -1.31. The topological polar surface area (TPSA) is 60.0 Å². The van der Waals surface area contributed by atoms with E-state index in [2.05, 4.69) is 46.4 Å². The van der Waals surface area contributed by atoms with Crippen LogP contribution in [0.25, 0.3) is 10.6 Å². The van der Waals surface area contributed by atoms with Crippen molar-refractivity contribution in [1.29, 1.82) is 0 Å². The van der Waals surface area contributed by atoms with Gasteiger partial charge in [-0.1, -0.05) is 31.2 Å². The molecule has 4 rings (SSSR count). The minimum atomic E-state index is -3.34. The lowest BCUT2D eigenvalue weighted by atomic mass is 10.1. The Morgan fingerprint density at radius 2 is 1.53 bits per heavy atom. The molecule has 0 saturated carbocycles. The average molecular weight is 450 g/mol. The molecule has 0 unspecified atom stereocenters. The van der Waals surface area contributed by atoms with Gasteiger partial charge < -0.3 is 4.90 Å². The third-order valence-corrected chi connectivity index (χ3v) is 8.97. The first-order valence-electron chi connectivity index (χ1n) is 10.7. The van der Waals surface area contributed by atoms with E-state index in [0.29, 0.717) is 26.2 Å². The predicted octanol–water partition coefficient (Wildman–Crippen LogP) is 1.98. The normalized spacial score (nSPS) is 20.6. The molecule has 0 radical (unpaired) electrons. The third-order valence-electron chi connectivity index (χ3n) is 5.99. The van der Waals surface area contributed by atoms with Crippen molar-refractivity contribution in [3.63, 3.8) is 0 Å². The quantitative estimate of drug-likeness (QED) is 0.675. The van der Waals surface area contributed by atoms with Crippen molar-refractivity contribution >= 4 is 21.5 Å². The van der Waals surface area contributed by atoms with Gasteiger partial charge in [-0.3, -0.25) is 4.90 Å². The molecule has 164 valence electrons. The smallest absolute Gasteiger partial charge is 0.282 e. The van der Waals surface area contributed by atoms with Gasteiger partial charge in [0.25, 0.3) is 10.2 Å². The van der Waals surface area contributed by atoms with Crippen molar-refractivity contribution in [1.82, 2.24) is 23.4 Å². The molecule has 2 aliphatic rings. The van der Waals surface area contributed by atoms with E-state index in [0.717, 1.165) is 55.4 Å². The van der Waals surface area contributed by atoms with Crippen molar-refractivity contribution in [3.8, 4) is 10.6 Å². The Bertz CT molecular complexity index is 929. The minimum Gasteiger partial charge on any atom is -0.304 e. The van der Waals surface area contributed by atoms with Crippen LogP contribution in [0.15, 0.2) is 29.6 Å². The van der Waals surface area contributed by atoms with Crippen LogP contribution < -0.4 is 0 Å². The maximum absolute atomic E-state index is 12.9. The van der Waals surface area contributed by atoms with Gasteiger partial charge in [0.05, 0.1) is 5.69 Å². The van der Waals surface area contributed by atoms with Crippen molar-refractivity contribution < 1.29 is 8.42 Å². The molecule has 0 N–H and O–H groups in total. The summed E-state index contributed by atoms with van der Waals surface area (Å²) in [6, 6.07) is 8.61. The van der Waals surface area contributed by atoms with Crippen LogP contribution in [0.2, 0.25) is 0 Å². The van der Waals surface area contributed by atoms with E-state index in [4.69, 9.17) is 4.98 Å². The number of nitrogens with zero attached hydrogens (tertiary/aromatic N) is 5. The van der Waals surface area contributed by atoms with Gasteiger partial charge in [-0.15, -0.1) is 11.3 Å². The standard InChI is InChI=1S/C21H31N5O2S2/c1-3-18-4-6-19(7-5-18)21-22-20(17-29-21)16-24-10-14-26(15-11-24)30(27,28)25-12-8-23(2)9-13-25/h4-7,17H,3,8-16H2,1-2H3.